The van der Waals surface area contributed by atoms with Crippen molar-refractivity contribution in [3.63, 3.8) is 0 Å². The molecule has 1 aromatic carbocycles. The minimum absolute atomic E-state index is 0.172. The van der Waals surface area contributed by atoms with Crippen molar-refractivity contribution in [2.75, 3.05) is 11.1 Å². The maximum absolute atomic E-state index is 12.1. The summed E-state index contributed by atoms with van der Waals surface area (Å²) in [5.74, 6) is 0.302. The van der Waals surface area contributed by atoms with Crippen molar-refractivity contribution in [1.82, 2.24) is 30.4 Å². The van der Waals surface area contributed by atoms with Crippen LogP contribution in [-0.4, -0.2) is 42.1 Å². The fourth-order valence-corrected chi connectivity index (χ4v) is 3.26. The van der Waals surface area contributed by atoms with Crippen LogP contribution in [0.4, 0.5) is 5.13 Å². The van der Waals surface area contributed by atoms with Crippen LogP contribution in [0, 0.1) is 0 Å². The van der Waals surface area contributed by atoms with Crippen LogP contribution in [0.5, 0.6) is 0 Å². The molecule has 0 bridgehead atoms. The molecule has 1 amide bonds. The largest absolute Gasteiger partial charge is 0.300 e. The number of thioether (sulfide) groups is 1. The number of benzene rings is 1. The third-order valence-corrected chi connectivity index (χ3v) is 5.01. The number of aromatic nitrogens is 6. The van der Waals surface area contributed by atoms with Crippen molar-refractivity contribution in [2.45, 2.75) is 24.9 Å². The molecule has 2 aromatic heterocycles. The van der Waals surface area contributed by atoms with Crippen molar-refractivity contribution in [3.8, 4) is 5.69 Å². The number of hydrogen-bond acceptors (Lipinski definition) is 8. The SMILES string of the molecule is CC(C)c1nnc(NC(=O)CSc2nnnn2-c2ccccc2)s1. The molecule has 0 saturated heterocycles. The average molecular weight is 361 g/mol. The summed E-state index contributed by atoms with van der Waals surface area (Å²) in [6.45, 7) is 4.07. The van der Waals surface area contributed by atoms with Gasteiger partial charge in [0.15, 0.2) is 0 Å². The first-order valence-corrected chi connectivity index (χ1v) is 9.03. The van der Waals surface area contributed by atoms with Crippen LogP contribution < -0.4 is 5.32 Å². The smallest absolute Gasteiger partial charge is 0.236 e. The van der Waals surface area contributed by atoms with Crippen LogP contribution in [0.15, 0.2) is 35.5 Å². The van der Waals surface area contributed by atoms with Gasteiger partial charge in [0, 0.05) is 5.92 Å². The van der Waals surface area contributed by atoms with Crippen molar-refractivity contribution in [3.05, 3.63) is 35.3 Å². The predicted octanol–water partition coefficient (Wildman–Crippen LogP) is 2.37. The lowest BCUT2D eigenvalue weighted by Gasteiger charge is -2.03. The fourth-order valence-electron chi connectivity index (χ4n) is 1.80. The first-order valence-electron chi connectivity index (χ1n) is 7.23. The Morgan fingerprint density at radius 1 is 1.25 bits per heavy atom. The number of nitrogens with zero attached hydrogens (tertiary/aromatic N) is 6. The quantitative estimate of drug-likeness (QED) is 0.673. The second-order valence-corrected chi connectivity index (χ2v) is 7.10. The topological polar surface area (TPSA) is 98.5 Å². The Bertz CT molecular complexity index is 815. The first kappa shape index (κ1) is 16.5. The van der Waals surface area contributed by atoms with Gasteiger partial charge in [0.1, 0.15) is 5.01 Å². The molecule has 3 rings (SSSR count). The van der Waals surface area contributed by atoms with Crippen molar-refractivity contribution >= 4 is 34.1 Å². The number of carbonyl (C=O) groups is 1. The summed E-state index contributed by atoms with van der Waals surface area (Å²) in [6, 6.07) is 9.52. The molecule has 0 atom stereocenters. The van der Waals surface area contributed by atoms with Gasteiger partial charge in [0.2, 0.25) is 16.2 Å². The molecule has 8 nitrogen and oxygen atoms in total. The molecule has 1 N–H and O–H groups in total. The average Bonchev–Trinajstić information content (AvgIpc) is 3.23. The molecule has 0 radical (unpaired) electrons. The molecule has 0 spiro atoms. The highest BCUT2D eigenvalue weighted by molar-refractivity contribution is 7.99. The normalized spacial score (nSPS) is 11.0. The van der Waals surface area contributed by atoms with Gasteiger partial charge in [-0.3, -0.25) is 10.1 Å². The van der Waals surface area contributed by atoms with Crippen molar-refractivity contribution in [1.29, 1.82) is 0 Å². The van der Waals surface area contributed by atoms with Gasteiger partial charge >= 0.3 is 0 Å². The zero-order valence-electron chi connectivity index (χ0n) is 13.1. The lowest BCUT2D eigenvalue weighted by molar-refractivity contribution is -0.113. The number of tetrazole rings is 1. The summed E-state index contributed by atoms with van der Waals surface area (Å²) in [7, 11) is 0. The summed E-state index contributed by atoms with van der Waals surface area (Å²) in [6.07, 6.45) is 0. The van der Waals surface area contributed by atoms with Crippen LogP contribution in [-0.2, 0) is 4.79 Å². The van der Waals surface area contributed by atoms with Crippen molar-refractivity contribution in [2.24, 2.45) is 0 Å². The zero-order valence-corrected chi connectivity index (χ0v) is 14.7. The van der Waals surface area contributed by atoms with E-state index >= 15 is 0 Å². The monoisotopic (exact) mass is 361 g/mol. The molecule has 0 aliphatic heterocycles. The van der Waals surface area contributed by atoms with Gasteiger partial charge < -0.3 is 0 Å². The molecular formula is C14H15N7OS2. The Morgan fingerprint density at radius 3 is 2.75 bits per heavy atom. The molecule has 0 saturated carbocycles. The van der Waals surface area contributed by atoms with Gasteiger partial charge in [-0.2, -0.15) is 4.68 Å². The first-order chi connectivity index (χ1) is 11.6. The summed E-state index contributed by atoms with van der Waals surface area (Å²) >= 11 is 2.64. The molecule has 0 fully saturated rings. The maximum Gasteiger partial charge on any atom is 0.236 e. The Balaban J connectivity index is 1.60. The van der Waals surface area contributed by atoms with E-state index in [1.54, 1.807) is 4.68 Å². The highest BCUT2D eigenvalue weighted by Crippen LogP contribution is 2.23. The fraction of sp³-hybridized carbons (Fsp3) is 0.286. The molecule has 24 heavy (non-hydrogen) atoms. The number of anilines is 1. The van der Waals surface area contributed by atoms with E-state index in [4.69, 9.17) is 0 Å². The third-order valence-electron chi connectivity index (χ3n) is 2.95. The number of para-hydroxylation sites is 1. The Morgan fingerprint density at radius 2 is 2.04 bits per heavy atom. The molecule has 0 aliphatic rings. The van der Waals surface area contributed by atoms with Gasteiger partial charge in [-0.25, -0.2) is 0 Å². The van der Waals surface area contributed by atoms with E-state index < -0.39 is 0 Å². The van der Waals surface area contributed by atoms with Crippen LogP contribution in [0.2, 0.25) is 0 Å². The standard InChI is InChI=1S/C14H15N7OS2/c1-9(2)12-16-17-13(24-12)15-11(22)8-23-14-18-19-20-21(14)10-6-4-3-5-7-10/h3-7,9H,8H2,1-2H3,(H,15,17,22). The molecule has 2 heterocycles. The second-order valence-electron chi connectivity index (χ2n) is 5.15. The van der Waals surface area contributed by atoms with Crippen molar-refractivity contribution < 1.29 is 4.79 Å². The number of amides is 1. The molecule has 3 aromatic rings. The van der Waals surface area contributed by atoms with E-state index in [1.807, 2.05) is 44.2 Å². The van der Waals surface area contributed by atoms with E-state index in [1.165, 1.54) is 23.1 Å². The summed E-state index contributed by atoms with van der Waals surface area (Å²) in [5, 5.41) is 24.3. The molecule has 0 aliphatic carbocycles. The molecule has 124 valence electrons. The van der Waals surface area contributed by atoms with Crippen LogP contribution >= 0.6 is 23.1 Å². The van der Waals surface area contributed by atoms with E-state index in [2.05, 4.69) is 31.0 Å². The lowest BCUT2D eigenvalue weighted by Crippen LogP contribution is -2.14. The van der Waals surface area contributed by atoms with E-state index in [0.717, 1.165) is 10.7 Å². The highest BCUT2D eigenvalue weighted by Gasteiger charge is 2.13. The van der Waals surface area contributed by atoms with Gasteiger partial charge in [-0.15, -0.1) is 15.3 Å². The Labute approximate surface area is 146 Å². The minimum Gasteiger partial charge on any atom is -0.300 e. The maximum atomic E-state index is 12.1. The second kappa shape index (κ2) is 7.49. The van der Waals surface area contributed by atoms with E-state index in [0.29, 0.717) is 10.3 Å². The van der Waals surface area contributed by atoms with Gasteiger partial charge in [-0.1, -0.05) is 55.1 Å². The van der Waals surface area contributed by atoms with Crippen LogP contribution in [0.3, 0.4) is 0 Å². The van der Waals surface area contributed by atoms with Gasteiger partial charge in [0.25, 0.3) is 0 Å². The summed E-state index contributed by atoms with van der Waals surface area (Å²) in [4.78, 5) is 12.1. The number of nitrogens with one attached hydrogen (secondary N) is 1. The number of hydrogen-bond donors (Lipinski definition) is 1. The minimum atomic E-state index is -0.172. The van der Waals surface area contributed by atoms with Gasteiger partial charge in [0.05, 0.1) is 11.4 Å². The number of rotatable bonds is 6. The number of carbonyl (C=O) groups excluding carboxylic acids is 1. The van der Waals surface area contributed by atoms with Gasteiger partial charge in [-0.05, 0) is 22.6 Å². The van der Waals surface area contributed by atoms with Crippen LogP contribution in [0.25, 0.3) is 5.69 Å². The van der Waals surface area contributed by atoms with Crippen LogP contribution in [0.1, 0.15) is 24.8 Å². The van der Waals surface area contributed by atoms with E-state index in [-0.39, 0.29) is 17.6 Å². The predicted molar refractivity (Wildman–Crippen MR) is 92.5 cm³/mol. The van der Waals surface area contributed by atoms with E-state index in [9.17, 15) is 4.79 Å². The third kappa shape index (κ3) is 3.95. The lowest BCUT2D eigenvalue weighted by atomic mass is 10.2. The molecule has 0 unspecified atom stereocenters. The molecule has 10 heteroatoms. The Kier molecular flexibility index (Phi) is 5.16. The summed E-state index contributed by atoms with van der Waals surface area (Å²) < 4.78 is 1.60. The Hall–Kier alpha value is -2.33. The highest BCUT2D eigenvalue weighted by atomic mass is 32.2. The molecular weight excluding hydrogens is 346 g/mol. The zero-order chi connectivity index (χ0) is 16.9. The summed E-state index contributed by atoms with van der Waals surface area (Å²) in [5.41, 5.74) is 0.844.